The van der Waals surface area contributed by atoms with E-state index in [9.17, 15) is 8.42 Å². The van der Waals surface area contributed by atoms with Crippen LogP contribution in [0.2, 0.25) is 5.02 Å². The van der Waals surface area contributed by atoms with Crippen LogP contribution in [0.4, 0.5) is 5.88 Å². The van der Waals surface area contributed by atoms with Crippen molar-refractivity contribution in [1.29, 1.82) is 0 Å². The first-order valence-electron chi connectivity index (χ1n) is 8.35. The first-order chi connectivity index (χ1) is 12.8. The van der Waals surface area contributed by atoms with E-state index in [1.54, 1.807) is 0 Å². The van der Waals surface area contributed by atoms with Crippen molar-refractivity contribution in [3.05, 3.63) is 58.0 Å². The molecule has 0 radical (unpaired) electrons. The van der Waals surface area contributed by atoms with Gasteiger partial charge in [0.1, 0.15) is 0 Å². The van der Waals surface area contributed by atoms with Gasteiger partial charge in [0.25, 0.3) is 0 Å². The van der Waals surface area contributed by atoms with Crippen LogP contribution >= 0.6 is 27.5 Å². The number of sulfone groups is 1. The third-order valence-corrected chi connectivity index (χ3v) is 6.51. The van der Waals surface area contributed by atoms with Crippen LogP contribution in [0.1, 0.15) is 20.3 Å². The molecule has 142 valence electrons. The number of nitrogens with zero attached hydrogens (tertiary/aromatic N) is 1. The topological polar surface area (TPSA) is 72.2 Å². The van der Waals surface area contributed by atoms with Crippen LogP contribution in [-0.2, 0) is 9.84 Å². The Morgan fingerprint density at radius 1 is 1.15 bits per heavy atom. The van der Waals surface area contributed by atoms with E-state index in [0.717, 1.165) is 10.9 Å². The van der Waals surface area contributed by atoms with E-state index in [1.807, 2.05) is 38.1 Å². The van der Waals surface area contributed by atoms with Gasteiger partial charge in [-0.1, -0.05) is 34.5 Å². The number of rotatable bonds is 6. The molecule has 1 unspecified atom stereocenters. The molecule has 1 N–H and O–H groups in total. The molecule has 0 bridgehead atoms. The van der Waals surface area contributed by atoms with Crippen LogP contribution in [-0.4, -0.2) is 19.4 Å². The highest BCUT2D eigenvalue weighted by Gasteiger charge is 2.29. The number of aromatic nitrogens is 1. The molecule has 0 saturated carbocycles. The minimum Gasteiger partial charge on any atom is -0.419 e. The lowest BCUT2D eigenvalue weighted by molar-refractivity contribution is 0.566. The summed E-state index contributed by atoms with van der Waals surface area (Å²) in [6.07, 6.45) is 0.800. The van der Waals surface area contributed by atoms with E-state index in [-0.39, 0.29) is 27.7 Å². The Morgan fingerprint density at radius 3 is 2.37 bits per heavy atom. The zero-order chi connectivity index (χ0) is 19.6. The van der Waals surface area contributed by atoms with Crippen molar-refractivity contribution in [3.8, 4) is 11.5 Å². The lowest BCUT2D eigenvalue weighted by Gasteiger charge is -2.11. The van der Waals surface area contributed by atoms with Crippen molar-refractivity contribution in [2.75, 3.05) is 5.32 Å². The van der Waals surface area contributed by atoms with E-state index in [1.165, 1.54) is 24.3 Å². The molecule has 0 fully saturated rings. The minimum absolute atomic E-state index is 0.0230. The van der Waals surface area contributed by atoms with Gasteiger partial charge in [-0.3, -0.25) is 0 Å². The lowest BCUT2D eigenvalue weighted by Crippen LogP contribution is -2.15. The number of anilines is 1. The Balaban J connectivity index is 2.11. The molecule has 0 spiro atoms. The molecule has 0 aliphatic rings. The molecule has 2 aromatic carbocycles. The maximum absolute atomic E-state index is 13.1. The quantitative estimate of drug-likeness (QED) is 0.494. The molecule has 1 aromatic heterocycles. The fourth-order valence-corrected chi connectivity index (χ4v) is 4.00. The van der Waals surface area contributed by atoms with Gasteiger partial charge in [-0.25, -0.2) is 8.42 Å². The molecular formula is C19H18BrClN2O3S. The van der Waals surface area contributed by atoms with Crippen LogP contribution in [0.25, 0.3) is 11.5 Å². The summed E-state index contributed by atoms with van der Waals surface area (Å²) in [4.78, 5) is 4.41. The molecule has 0 saturated heterocycles. The van der Waals surface area contributed by atoms with Crippen molar-refractivity contribution in [1.82, 2.24) is 4.98 Å². The number of halogens is 2. The summed E-state index contributed by atoms with van der Waals surface area (Å²) in [7, 11) is -3.87. The third-order valence-electron chi connectivity index (χ3n) is 4.06. The van der Waals surface area contributed by atoms with Gasteiger partial charge in [0.15, 0.2) is 0 Å². The molecule has 8 heteroatoms. The number of nitrogens with one attached hydrogen (secondary N) is 1. The maximum Gasteiger partial charge on any atom is 0.234 e. The summed E-state index contributed by atoms with van der Waals surface area (Å²) >= 11 is 9.26. The van der Waals surface area contributed by atoms with Crippen LogP contribution in [0.5, 0.6) is 0 Å². The van der Waals surface area contributed by atoms with Gasteiger partial charge in [0.2, 0.25) is 26.6 Å². The summed E-state index contributed by atoms with van der Waals surface area (Å²) < 4.78 is 33.0. The van der Waals surface area contributed by atoms with Crippen LogP contribution in [0.3, 0.4) is 0 Å². The van der Waals surface area contributed by atoms with Gasteiger partial charge >= 0.3 is 0 Å². The van der Waals surface area contributed by atoms with E-state index in [2.05, 4.69) is 26.2 Å². The fraction of sp³-hybridized carbons (Fsp3) is 0.211. The Bertz CT molecular complexity index is 1030. The van der Waals surface area contributed by atoms with Gasteiger partial charge in [-0.2, -0.15) is 4.98 Å². The largest absolute Gasteiger partial charge is 0.419 e. The van der Waals surface area contributed by atoms with Gasteiger partial charge in [0, 0.05) is 21.1 Å². The highest BCUT2D eigenvalue weighted by atomic mass is 79.9. The maximum atomic E-state index is 13.1. The van der Waals surface area contributed by atoms with E-state index >= 15 is 0 Å². The standard InChI is InChI=1S/C19H18BrClN2O3S/c1-3-12(2)22-18-19(27(24,25)16-10-8-15(21)9-11-16)23-17(26-18)13-4-6-14(20)7-5-13/h4-12,22H,3H2,1-2H3. The predicted octanol–water partition coefficient (Wildman–Crippen LogP) is 5.80. The van der Waals surface area contributed by atoms with E-state index in [4.69, 9.17) is 16.0 Å². The van der Waals surface area contributed by atoms with Gasteiger partial charge in [-0.05, 0) is 61.9 Å². The number of hydrogen-bond donors (Lipinski definition) is 1. The van der Waals surface area contributed by atoms with Crippen LogP contribution < -0.4 is 5.32 Å². The number of oxazole rings is 1. The molecule has 0 amide bonds. The first-order valence-corrected chi connectivity index (χ1v) is 11.0. The summed E-state index contributed by atoms with van der Waals surface area (Å²) in [5.74, 6) is 0.373. The second-order valence-corrected chi connectivity index (χ2v) is 9.29. The molecule has 1 heterocycles. The van der Waals surface area contributed by atoms with Gasteiger partial charge < -0.3 is 9.73 Å². The Labute approximate surface area is 171 Å². The molecule has 3 aromatic rings. The predicted molar refractivity (Wildman–Crippen MR) is 110 cm³/mol. The van der Waals surface area contributed by atoms with Crippen LogP contribution in [0.15, 0.2) is 67.3 Å². The average molecular weight is 470 g/mol. The van der Waals surface area contributed by atoms with E-state index in [0.29, 0.717) is 10.6 Å². The second-order valence-electron chi connectivity index (χ2n) is 6.07. The molecule has 3 rings (SSSR count). The van der Waals surface area contributed by atoms with Crippen molar-refractivity contribution >= 4 is 43.3 Å². The molecule has 0 aliphatic heterocycles. The smallest absolute Gasteiger partial charge is 0.234 e. The van der Waals surface area contributed by atoms with Crippen LogP contribution in [0, 0.1) is 0 Å². The minimum atomic E-state index is -3.87. The monoisotopic (exact) mass is 468 g/mol. The molecular weight excluding hydrogens is 452 g/mol. The lowest BCUT2D eigenvalue weighted by atomic mass is 10.2. The number of benzene rings is 2. The zero-order valence-electron chi connectivity index (χ0n) is 14.7. The second kappa shape index (κ2) is 8.04. The number of hydrogen-bond acceptors (Lipinski definition) is 5. The summed E-state index contributed by atoms with van der Waals surface area (Å²) in [6, 6.07) is 13.3. The molecule has 1 atom stereocenters. The SMILES string of the molecule is CCC(C)Nc1oc(-c2ccc(Br)cc2)nc1S(=O)(=O)c1ccc(Cl)cc1. The average Bonchev–Trinajstić information content (AvgIpc) is 3.07. The summed E-state index contributed by atoms with van der Waals surface area (Å²) in [5.41, 5.74) is 0.683. The highest BCUT2D eigenvalue weighted by molar-refractivity contribution is 9.10. The van der Waals surface area contributed by atoms with E-state index < -0.39 is 9.84 Å². The summed E-state index contributed by atoms with van der Waals surface area (Å²) in [6.45, 7) is 3.94. The Morgan fingerprint density at radius 2 is 1.78 bits per heavy atom. The van der Waals surface area contributed by atoms with Crippen molar-refractivity contribution in [3.63, 3.8) is 0 Å². The van der Waals surface area contributed by atoms with Gasteiger partial charge in [-0.15, -0.1) is 0 Å². The molecule has 0 aliphatic carbocycles. The first kappa shape index (κ1) is 19.9. The zero-order valence-corrected chi connectivity index (χ0v) is 17.9. The Kier molecular flexibility index (Phi) is 5.93. The Hall–Kier alpha value is -1.83. The van der Waals surface area contributed by atoms with Crippen molar-refractivity contribution < 1.29 is 12.8 Å². The molecule has 27 heavy (non-hydrogen) atoms. The van der Waals surface area contributed by atoms with Crippen molar-refractivity contribution in [2.45, 2.75) is 36.2 Å². The normalized spacial score (nSPS) is 12.7. The molecule has 5 nitrogen and oxygen atoms in total. The van der Waals surface area contributed by atoms with Crippen molar-refractivity contribution in [2.24, 2.45) is 0 Å². The van der Waals surface area contributed by atoms with Gasteiger partial charge in [0.05, 0.1) is 4.90 Å². The third kappa shape index (κ3) is 4.36. The highest BCUT2D eigenvalue weighted by Crippen LogP contribution is 2.33. The summed E-state index contributed by atoms with van der Waals surface area (Å²) in [5, 5.41) is 3.43. The fourth-order valence-electron chi connectivity index (χ4n) is 2.35.